The first-order valence-corrected chi connectivity index (χ1v) is 5.66. The third kappa shape index (κ3) is 5.19. The van der Waals surface area contributed by atoms with Gasteiger partial charge in [-0.2, -0.15) is 0 Å². The Hall–Kier alpha value is -1.78. The highest BCUT2D eigenvalue weighted by Gasteiger charge is 2.01. The number of amides is 1. The van der Waals surface area contributed by atoms with E-state index in [2.05, 4.69) is 34.2 Å². The van der Waals surface area contributed by atoms with E-state index in [1.54, 1.807) is 12.3 Å². The molecule has 5 heteroatoms. The van der Waals surface area contributed by atoms with Crippen LogP contribution in [0.5, 0.6) is 0 Å². The van der Waals surface area contributed by atoms with Gasteiger partial charge in [0, 0.05) is 6.54 Å². The molecule has 0 atom stereocenters. The SMILES string of the molecule is COC(=O)Nc1ccc(NCCC(C)C)cn1. The van der Waals surface area contributed by atoms with Gasteiger partial charge >= 0.3 is 6.09 Å². The van der Waals surface area contributed by atoms with Gasteiger partial charge in [0.25, 0.3) is 0 Å². The van der Waals surface area contributed by atoms with Crippen LogP contribution in [0.3, 0.4) is 0 Å². The van der Waals surface area contributed by atoms with Crippen LogP contribution in [-0.2, 0) is 4.74 Å². The van der Waals surface area contributed by atoms with Crippen molar-refractivity contribution in [1.29, 1.82) is 0 Å². The van der Waals surface area contributed by atoms with Gasteiger partial charge < -0.3 is 10.1 Å². The number of methoxy groups -OCH3 is 1. The molecule has 0 aromatic carbocycles. The van der Waals surface area contributed by atoms with Crippen molar-refractivity contribution in [2.75, 3.05) is 24.3 Å². The Morgan fingerprint density at radius 3 is 2.76 bits per heavy atom. The highest BCUT2D eigenvalue weighted by molar-refractivity contribution is 5.83. The molecule has 0 radical (unpaired) electrons. The van der Waals surface area contributed by atoms with Crippen LogP contribution < -0.4 is 10.6 Å². The molecule has 1 amide bonds. The van der Waals surface area contributed by atoms with Crippen LogP contribution in [0.25, 0.3) is 0 Å². The standard InChI is InChI=1S/C12H19N3O2/c1-9(2)6-7-13-10-4-5-11(14-8-10)15-12(16)17-3/h4-5,8-9,13H,6-7H2,1-3H3,(H,14,15,16). The second kappa shape index (κ2) is 6.73. The number of carbonyl (C=O) groups excluding carboxylic acids is 1. The lowest BCUT2D eigenvalue weighted by Crippen LogP contribution is -2.12. The smallest absolute Gasteiger partial charge is 0.412 e. The average Bonchev–Trinajstić information content (AvgIpc) is 2.31. The Bertz CT molecular complexity index is 349. The Kier molecular flexibility index (Phi) is 5.26. The summed E-state index contributed by atoms with van der Waals surface area (Å²) in [6.45, 7) is 5.29. The molecule has 2 N–H and O–H groups in total. The van der Waals surface area contributed by atoms with E-state index >= 15 is 0 Å². The zero-order valence-corrected chi connectivity index (χ0v) is 10.5. The van der Waals surface area contributed by atoms with Crippen LogP contribution in [-0.4, -0.2) is 24.7 Å². The minimum absolute atomic E-state index is 0.478. The van der Waals surface area contributed by atoms with Crippen molar-refractivity contribution in [3.05, 3.63) is 18.3 Å². The summed E-state index contributed by atoms with van der Waals surface area (Å²) in [5.74, 6) is 1.15. The summed E-state index contributed by atoms with van der Waals surface area (Å²) in [5.41, 5.74) is 0.945. The van der Waals surface area contributed by atoms with E-state index in [0.29, 0.717) is 11.7 Å². The van der Waals surface area contributed by atoms with E-state index in [-0.39, 0.29) is 0 Å². The van der Waals surface area contributed by atoms with Crippen LogP contribution in [0, 0.1) is 5.92 Å². The summed E-state index contributed by atoms with van der Waals surface area (Å²) in [6, 6.07) is 3.60. The number of aromatic nitrogens is 1. The molecule has 17 heavy (non-hydrogen) atoms. The third-order valence-corrected chi connectivity index (χ3v) is 2.23. The van der Waals surface area contributed by atoms with Crippen LogP contribution in [0.4, 0.5) is 16.3 Å². The Morgan fingerprint density at radius 2 is 2.24 bits per heavy atom. The third-order valence-electron chi connectivity index (χ3n) is 2.23. The molecule has 0 aliphatic heterocycles. The average molecular weight is 237 g/mol. The molecular weight excluding hydrogens is 218 g/mol. The molecule has 0 spiro atoms. The van der Waals surface area contributed by atoms with E-state index in [4.69, 9.17) is 0 Å². The van der Waals surface area contributed by atoms with Crippen LogP contribution >= 0.6 is 0 Å². The Morgan fingerprint density at radius 1 is 1.47 bits per heavy atom. The molecule has 1 heterocycles. The second-order valence-electron chi connectivity index (χ2n) is 4.16. The van der Waals surface area contributed by atoms with Crippen LogP contribution in [0.2, 0.25) is 0 Å². The van der Waals surface area contributed by atoms with Crippen molar-refractivity contribution in [2.24, 2.45) is 5.92 Å². The fourth-order valence-corrected chi connectivity index (χ4v) is 1.23. The predicted molar refractivity (Wildman–Crippen MR) is 68.2 cm³/mol. The van der Waals surface area contributed by atoms with Gasteiger partial charge in [-0.3, -0.25) is 5.32 Å². The molecule has 0 unspecified atom stereocenters. The normalized spacial score (nSPS) is 10.1. The highest BCUT2D eigenvalue weighted by atomic mass is 16.5. The summed E-state index contributed by atoms with van der Waals surface area (Å²) in [6.07, 6.45) is 2.28. The minimum atomic E-state index is -0.516. The number of hydrogen-bond acceptors (Lipinski definition) is 4. The monoisotopic (exact) mass is 237 g/mol. The fourth-order valence-electron chi connectivity index (χ4n) is 1.23. The molecule has 1 rings (SSSR count). The predicted octanol–water partition coefficient (Wildman–Crippen LogP) is 2.72. The number of anilines is 2. The largest absolute Gasteiger partial charge is 0.453 e. The lowest BCUT2D eigenvalue weighted by molar-refractivity contribution is 0.187. The number of nitrogens with zero attached hydrogens (tertiary/aromatic N) is 1. The number of rotatable bonds is 5. The van der Waals surface area contributed by atoms with E-state index in [9.17, 15) is 4.79 Å². The summed E-state index contributed by atoms with van der Waals surface area (Å²) in [4.78, 5) is 15.0. The van der Waals surface area contributed by atoms with Gasteiger partial charge in [-0.25, -0.2) is 9.78 Å². The van der Waals surface area contributed by atoms with Crippen molar-refractivity contribution in [1.82, 2.24) is 4.98 Å². The number of carbonyl (C=O) groups is 1. The first-order chi connectivity index (χ1) is 8.11. The molecule has 0 aliphatic carbocycles. The Balaban J connectivity index is 2.42. The molecule has 0 aliphatic rings. The lowest BCUT2D eigenvalue weighted by atomic mass is 10.1. The van der Waals surface area contributed by atoms with Gasteiger partial charge in [-0.15, -0.1) is 0 Å². The quantitative estimate of drug-likeness (QED) is 0.826. The summed E-state index contributed by atoms with van der Waals surface area (Å²) in [7, 11) is 1.32. The van der Waals surface area contributed by atoms with Crippen LogP contribution in [0.1, 0.15) is 20.3 Å². The molecule has 1 aromatic heterocycles. The van der Waals surface area contributed by atoms with Gasteiger partial charge in [0.2, 0.25) is 0 Å². The van der Waals surface area contributed by atoms with Crippen molar-refractivity contribution >= 4 is 17.6 Å². The van der Waals surface area contributed by atoms with Gasteiger partial charge in [0.05, 0.1) is 19.0 Å². The summed E-state index contributed by atoms with van der Waals surface area (Å²) < 4.78 is 4.47. The van der Waals surface area contributed by atoms with Crippen molar-refractivity contribution in [3.63, 3.8) is 0 Å². The molecule has 0 fully saturated rings. The molecule has 0 bridgehead atoms. The molecule has 5 nitrogen and oxygen atoms in total. The number of pyridine rings is 1. The van der Waals surface area contributed by atoms with E-state index in [1.807, 2.05) is 6.07 Å². The van der Waals surface area contributed by atoms with Gasteiger partial charge in [0.1, 0.15) is 5.82 Å². The number of hydrogen-bond donors (Lipinski definition) is 2. The molecule has 94 valence electrons. The van der Waals surface area contributed by atoms with E-state index in [0.717, 1.165) is 18.7 Å². The topological polar surface area (TPSA) is 63.2 Å². The molecule has 0 saturated heterocycles. The van der Waals surface area contributed by atoms with Gasteiger partial charge in [-0.05, 0) is 24.5 Å². The maximum Gasteiger partial charge on any atom is 0.412 e. The minimum Gasteiger partial charge on any atom is -0.453 e. The molecule has 0 saturated carbocycles. The first kappa shape index (κ1) is 13.3. The van der Waals surface area contributed by atoms with Crippen LogP contribution in [0.15, 0.2) is 18.3 Å². The zero-order valence-electron chi connectivity index (χ0n) is 10.5. The van der Waals surface area contributed by atoms with Crippen molar-refractivity contribution < 1.29 is 9.53 Å². The summed E-state index contributed by atoms with van der Waals surface area (Å²) in [5, 5.41) is 5.76. The zero-order chi connectivity index (χ0) is 12.7. The summed E-state index contributed by atoms with van der Waals surface area (Å²) >= 11 is 0. The number of nitrogens with one attached hydrogen (secondary N) is 2. The van der Waals surface area contributed by atoms with E-state index in [1.165, 1.54) is 7.11 Å². The second-order valence-corrected chi connectivity index (χ2v) is 4.16. The lowest BCUT2D eigenvalue weighted by Gasteiger charge is -2.08. The molecule has 1 aromatic rings. The van der Waals surface area contributed by atoms with E-state index < -0.39 is 6.09 Å². The van der Waals surface area contributed by atoms with Crippen molar-refractivity contribution in [3.8, 4) is 0 Å². The highest BCUT2D eigenvalue weighted by Crippen LogP contribution is 2.10. The maximum atomic E-state index is 10.9. The molecular formula is C12H19N3O2. The fraction of sp³-hybridized carbons (Fsp3) is 0.500. The number of ether oxygens (including phenoxy) is 1. The maximum absolute atomic E-state index is 10.9. The van der Waals surface area contributed by atoms with Gasteiger partial charge in [0.15, 0.2) is 0 Å². The van der Waals surface area contributed by atoms with Crippen molar-refractivity contribution in [2.45, 2.75) is 20.3 Å². The van der Waals surface area contributed by atoms with Gasteiger partial charge in [-0.1, -0.05) is 13.8 Å². The Labute approximate surface area is 102 Å². The first-order valence-electron chi connectivity index (χ1n) is 5.66.